The number of rotatable bonds is 9. The summed E-state index contributed by atoms with van der Waals surface area (Å²) in [7, 11) is 4.76. The van der Waals surface area contributed by atoms with Crippen LogP contribution in [0, 0.1) is 0 Å². The second-order valence-corrected chi connectivity index (χ2v) is 8.87. The number of carbonyl (C=O) groups excluding carboxylic acids is 2. The second-order valence-electron chi connectivity index (χ2n) is 7.81. The van der Waals surface area contributed by atoms with Crippen LogP contribution >= 0.6 is 11.3 Å². The molecule has 0 saturated carbocycles. The SMILES string of the molecule is COc1ccc(Cc2nnc(NC(=O)CCN3C=Cc4cc(OC)c(OC)cc4CC3=O)s2)cc1. The molecule has 0 unspecified atom stereocenters. The van der Waals surface area contributed by atoms with Crippen LogP contribution in [0.25, 0.3) is 6.08 Å². The van der Waals surface area contributed by atoms with Gasteiger partial charge in [-0.3, -0.25) is 9.59 Å². The summed E-state index contributed by atoms with van der Waals surface area (Å²) in [4.78, 5) is 26.8. The molecule has 2 heterocycles. The van der Waals surface area contributed by atoms with Gasteiger partial charge in [0.05, 0.1) is 27.8 Å². The van der Waals surface area contributed by atoms with Gasteiger partial charge in [0, 0.05) is 25.6 Å². The van der Waals surface area contributed by atoms with E-state index in [1.54, 1.807) is 32.4 Å². The lowest BCUT2D eigenvalue weighted by atomic mass is 10.0. The van der Waals surface area contributed by atoms with E-state index in [0.717, 1.165) is 27.4 Å². The molecular formula is C25H26N4O5S. The van der Waals surface area contributed by atoms with E-state index in [0.29, 0.717) is 23.1 Å². The van der Waals surface area contributed by atoms with E-state index in [9.17, 15) is 9.59 Å². The Morgan fingerprint density at radius 1 is 1.06 bits per heavy atom. The van der Waals surface area contributed by atoms with Gasteiger partial charge in [-0.15, -0.1) is 10.2 Å². The summed E-state index contributed by atoms with van der Waals surface area (Å²) in [5.41, 5.74) is 2.79. The van der Waals surface area contributed by atoms with Gasteiger partial charge in [-0.2, -0.15) is 0 Å². The maximum absolute atomic E-state index is 12.8. The first-order valence-corrected chi connectivity index (χ1v) is 11.8. The van der Waals surface area contributed by atoms with E-state index in [-0.39, 0.29) is 31.2 Å². The molecule has 0 atom stereocenters. The van der Waals surface area contributed by atoms with Crippen molar-refractivity contribution in [2.24, 2.45) is 0 Å². The van der Waals surface area contributed by atoms with E-state index < -0.39 is 0 Å². The minimum Gasteiger partial charge on any atom is -0.497 e. The molecule has 0 bridgehead atoms. The lowest BCUT2D eigenvalue weighted by Gasteiger charge is -2.16. The van der Waals surface area contributed by atoms with Gasteiger partial charge in [0.2, 0.25) is 16.9 Å². The molecule has 1 N–H and O–H groups in total. The summed E-state index contributed by atoms with van der Waals surface area (Å²) in [5, 5.41) is 12.2. The lowest BCUT2D eigenvalue weighted by Crippen LogP contribution is -2.29. The Morgan fingerprint density at radius 3 is 2.51 bits per heavy atom. The molecule has 0 saturated heterocycles. The normalized spacial score (nSPS) is 12.7. The first-order valence-electron chi connectivity index (χ1n) is 11.0. The molecule has 35 heavy (non-hydrogen) atoms. The minimum atomic E-state index is -0.233. The van der Waals surface area contributed by atoms with E-state index in [4.69, 9.17) is 14.2 Å². The molecule has 0 fully saturated rings. The molecule has 0 aliphatic carbocycles. The Bertz CT molecular complexity index is 1240. The zero-order valence-corrected chi connectivity index (χ0v) is 20.6. The van der Waals surface area contributed by atoms with Crippen LogP contribution < -0.4 is 19.5 Å². The van der Waals surface area contributed by atoms with Gasteiger partial charge >= 0.3 is 0 Å². The number of nitrogens with one attached hydrogen (secondary N) is 1. The molecule has 2 aromatic carbocycles. The Morgan fingerprint density at radius 2 is 1.80 bits per heavy atom. The first-order chi connectivity index (χ1) is 17.0. The zero-order chi connectivity index (χ0) is 24.8. The predicted octanol–water partition coefficient (Wildman–Crippen LogP) is 3.54. The third kappa shape index (κ3) is 5.96. The fourth-order valence-electron chi connectivity index (χ4n) is 3.66. The van der Waals surface area contributed by atoms with Crippen molar-refractivity contribution in [3.05, 3.63) is 64.3 Å². The van der Waals surface area contributed by atoms with E-state index in [2.05, 4.69) is 15.5 Å². The van der Waals surface area contributed by atoms with Gasteiger partial charge < -0.3 is 24.4 Å². The van der Waals surface area contributed by atoms with Crippen molar-refractivity contribution in [1.82, 2.24) is 15.1 Å². The van der Waals surface area contributed by atoms with Crippen molar-refractivity contribution >= 4 is 34.4 Å². The minimum absolute atomic E-state index is 0.0993. The summed E-state index contributed by atoms with van der Waals surface area (Å²) in [6.07, 6.45) is 4.49. The number of aromatic nitrogens is 2. The molecule has 3 aromatic rings. The summed E-state index contributed by atoms with van der Waals surface area (Å²) in [6.45, 7) is 0.251. The molecule has 182 valence electrons. The first kappa shape index (κ1) is 24.2. The zero-order valence-electron chi connectivity index (χ0n) is 19.7. The lowest BCUT2D eigenvalue weighted by molar-refractivity contribution is -0.128. The number of amides is 2. The highest BCUT2D eigenvalue weighted by molar-refractivity contribution is 7.15. The fraction of sp³-hybridized carbons (Fsp3) is 0.280. The van der Waals surface area contributed by atoms with Gasteiger partial charge in [-0.1, -0.05) is 23.5 Å². The van der Waals surface area contributed by atoms with Crippen LogP contribution in [0.5, 0.6) is 17.2 Å². The van der Waals surface area contributed by atoms with Crippen LogP contribution in [0.2, 0.25) is 0 Å². The molecule has 10 heteroatoms. The fourth-order valence-corrected chi connectivity index (χ4v) is 4.45. The third-order valence-electron chi connectivity index (χ3n) is 5.55. The number of hydrogen-bond donors (Lipinski definition) is 1. The number of methoxy groups -OCH3 is 3. The van der Waals surface area contributed by atoms with Crippen LogP contribution in [0.3, 0.4) is 0 Å². The Balaban J connectivity index is 1.32. The van der Waals surface area contributed by atoms with Crippen molar-refractivity contribution in [2.45, 2.75) is 19.3 Å². The Hall–Kier alpha value is -3.92. The molecule has 1 aliphatic rings. The second kappa shape index (κ2) is 11.0. The average Bonchev–Trinajstić information content (AvgIpc) is 3.23. The van der Waals surface area contributed by atoms with Gasteiger partial charge in [0.25, 0.3) is 0 Å². The Labute approximate surface area is 207 Å². The average molecular weight is 495 g/mol. The molecule has 0 spiro atoms. The maximum atomic E-state index is 12.8. The van der Waals surface area contributed by atoms with E-state index in [1.165, 1.54) is 11.3 Å². The quantitative estimate of drug-likeness (QED) is 0.485. The monoisotopic (exact) mass is 494 g/mol. The number of fused-ring (bicyclic) bond motifs is 1. The molecule has 4 rings (SSSR count). The number of hydrogen-bond acceptors (Lipinski definition) is 8. The molecule has 2 amide bonds. The molecule has 1 aliphatic heterocycles. The molecule has 1 aromatic heterocycles. The summed E-state index contributed by atoms with van der Waals surface area (Å²) in [5.74, 6) is 1.63. The smallest absolute Gasteiger partial charge is 0.230 e. The third-order valence-corrected chi connectivity index (χ3v) is 6.39. The van der Waals surface area contributed by atoms with Crippen molar-refractivity contribution in [3.63, 3.8) is 0 Å². The summed E-state index contributed by atoms with van der Waals surface area (Å²) < 4.78 is 15.9. The van der Waals surface area contributed by atoms with Crippen molar-refractivity contribution in [1.29, 1.82) is 0 Å². The van der Waals surface area contributed by atoms with Gasteiger partial charge in [0.15, 0.2) is 11.5 Å². The largest absolute Gasteiger partial charge is 0.497 e. The molecule has 0 radical (unpaired) electrons. The molecule has 9 nitrogen and oxygen atoms in total. The number of benzene rings is 2. The number of ether oxygens (including phenoxy) is 3. The van der Waals surface area contributed by atoms with Crippen molar-refractivity contribution in [3.8, 4) is 17.2 Å². The van der Waals surface area contributed by atoms with E-state index >= 15 is 0 Å². The molecular weight excluding hydrogens is 468 g/mol. The highest BCUT2D eigenvalue weighted by atomic mass is 32.1. The number of anilines is 1. The highest BCUT2D eigenvalue weighted by Gasteiger charge is 2.20. The van der Waals surface area contributed by atoms with Gasteiger partial charge in [-0.05, 0) is 47.0 Å². The van der Waals surface area contributed by atoms with Crippen molar-refractivity contribution < 1.29 is 23.8 Å². The van der Waals surface area contributed by atoms with Crippen LogP contribution in [0.15, 0.2) is 42.6 Å². The van der Waals surface area contributed by atoms with E-state index in [1.807, 2.05) is 42.5 Å². The predicted molar refractivity (Wildman–Crippen MR) is 133 cm³/mol. The number of carbonyl (C=O) groups is 2. The van der Waals surface area contributed by atoms with Crippen LogP contribution in [0.1, 0.15) is 28.1 Å². The summed E-state index contributed by atoms with van der Waals surface area (Å²) >= 11 is 1.33. The Kier molecular flexibility index (Phi) is 7.61. The number of nitrogens with zero attached hydrogens (tertiary/aromatic N) is 3. The maximum Gasteiger partial charge on any atom is 0.230 e. The van der Waals surface area contributed by atoms with Crippen LogP contribution in [0.4, 0.5) is 5.13 Å². The van der Waals surface area contributed by atoms with Crippen LogP contribution in [-0.4, -0.2) is 54.8 Å². The van der Waals surface area contributed by atoms with Crippen molar-refractivity contribution in [2.75, 3.05) is 33.2 Å². The van der Waals surface area contributed by atoms with Gasteiger partial charge in [0.1, 0.15) is 10.8 Å². The topological polar surface area (TPSA) is 103 Å². The highest BCUT2D eigenvalue weighted by Crippen LogP contribution is 2.32. The summed E-state index contributed by atoms with van der Waals surface area (Å²) in [6, 6.07) is 11.4. The van der Waals surface area contributed by atoms with Crippen LogP contribution in [-0.2, 0) is 22.4 Å². The van der Waals surface area contributed by atoms with Gasteiger partial charge in [-0.25, -0.2) is 0 Å². The standard InChI is InChI=1S/C25H26N4O5S/c1-32-19-6-4-16(5-7-19)12-23-27-28-25(35-23)26-22(30)9-11-29-10-8-17-13-20(33-2)21(34-3)14-18(17)15-24(29)31/h4-8,10,13-14H,9,11-12,15H2,1-3H3,(H,26,28,30).